The summed E-state index contributed by atoms with van der Waals surface area (Å²) in [5.74, 6) is -0.479. The number of hydrogen-bond acceptors (Lipinski definition) is 3. The summed E-state index contributed by atoms with van der Waals surface area (Å²) < 4.78 is 13.8. The van der Waals surface area contributed by atoms with Crippen molar-refractivity contribution in [3.05, 3.63) is 82.5 Å². The number of benzene rings is 2. The second-order valence-corrected chi connectivity index (χ2v) is 6.01. The zero-order valence-corrected chi connectivity index (χ0v) is 14.1. The van der Waals surface area contributed by atoms with Crippen LogP contribution in [0, 0.1) is 5.82 Å². The van der Waals surface area contributed by atoms with Crippen LogP contribution >= 0.6 is 15.9 Å². The number of nitrogens with one attached hydrogen (secondary N) is 1. The Morgan fingerprint density at radius 3 is 2.62 bits per heavy atom. The van der Waals surface area contributed by atoms with E-state index < -0.39 is 0 Å². The van der Waals surface area contributed by atoms with Gasteiger partial charge >= 0.3 is 0 Å². The van der Waals surface area contributed by atoms with Crippen LogP contribution in [0.2, 0.25) is 0 Å². The second kappa shape index (κ2) is 7.31. The van der Waals surface area contributed by atoms with Crippen LogP contribution in [0.5, 0.6) is 0 Å². The molecule has 0 aliphatic heterocycles. The number of aromatic nitrogens is 2. The monoisotopic (exact) mass is 385 g/mol. The van der Waals surface area contributed by atoms with Crippen LogP contribution in [0.15, 0.2) is 65.4 Å². The lowest BCUT2D eigenvalue weighted by atomic mass is 10.1. The molecule has 0 radical (unpaired) electrons. The summed E-state index contributed by atoms with van der Waals surface area (Å²) in [5, 5.41) is 2.82. The third-order valence-corrected chi connectivity index (χ3v) is 3.87. The van der Waals surface area contributed by atoms with Crippen LogP contribution in [0.25, 0.3) is 11.3 Å². The van der Waals surface area contributed by atoms with Crippen molar-refractivity contribution < 1.29 is 9.18 Å². The average Bonchev–Trinajstić information content (AvgIpc) is 2.60. The van der Waals surface area contributed by atoms with Gasteiger partial charge in [-0.1, -0.05) is 22.0 Å². The van der Waals surface area contributed by atoms with Gasteiger partial charge in [0.1, 0.15) is 12.1 Å². The standard InChI is InChI=1S/C18H13BrFN3O/c19-14-3-1-2-13(8-14)18(24)21-10-16-9-17(23-11-22-16)12-4-6-15(20)7-5-12/h1-9,11H,10H2,(H,21,24). The summed E-state index contributed by atoms with van der Waals surface area (Å²) in [7, 11) is 0. The summed E-state index contributed by atoms with van der Waals surface area (Å²) in [6, 6.07) is 15.0. The molecule has 1 amide bonds. The molecule has 0 fully saturated rings. The Morgan fingerprint density at radius 1 is 1.08 bits per heavy atom. The fraction of sp³-hybridized carbons (Fsp3) is 0.0556. The van der Waals surface area contributed by atoms with E-state index in [1.165, 1.54) is 18.5 Å². The Kier molecular flexibility index (Phi) is 4.96. The average molecular weight is 386 g/mol. The molecule has 0 aliphatic carbocycles. The largest absolute Gasteiger partial charge is 0.346 e. The molecule has 1 aromatic heterocycles. The van der Waals surface area contributed by atoms with E-state index in [0.29, 0.717) is 17.0 Å². The number of hydrogen-bond donors (Lipinski definition) is 1. The van der Waals surface area contributed by atoms with Crippen LogP contribution in [0.1, 0.15) is 16.1 Å². The van der Waals surface area contributed by atoms with E-state index >= 15 is 0 Å². The summed E-state index contributed by atoms with van der Waals surface area (Å²) in [5.41, 5.74) is 2.71. The number of carbonyl (C=O) groups excluding carboxylic acids is 1. The third-order valence-electron chi connectivity index (χ3n) is 3.38. The van der Waals surface area contributed by atoms with Crippen molar-refractivity contribution in [2.24, 2.45) is 0 Å². The fourth-order valence-corrected chi connectivity index (χ4v) is 2.57. The predicted octanol–water partition coefficient (Wildman–Crippen LogP) is 3.98. The summed E-state index contributed by atoms with van der Waals surface area (Å²) in [6.07, 6.45) is 1.43. The normalized spacial score (nSPS) is 10.4. The maximum Gasteiger partial charge on any atom is 0.251 e. The van der Waals surface area contributed by atoms with Gasteiger partial charge in [0.2, 0.25) is 0 Å². The van der Waals surface area contributed by atoms with E-state index in [4.69, 9.17) is 0 Å². The SMILES string of the molecule is O=C(NCc1cc(-c2ccc(F)cc2)ncn1)c1cccc(Br)c1. The van der Waals surface area contributed by atoms with Crippen LogP contribution < -0.4 is 5.32 Å². The number of nitrogens with zero attached hydrogens (tertiary/aromatic N) is 2. The fourth-order valence-electron chi connectivity index (χ4n) is 2.18. The Morgan fingerprint density at radius 2 is 1.88 bits per heavy atom. The summed E-state index contributed by atoms with van der Waals surface area (Å²) in [4.78, 5) is 20.5. The smallest absolute Gasteiger partial charge is 0.251 e. The third kappa shape index (κ3) is 4.02. The molecule has 0 bridgehead atoms. The first kappa shape index (κ1) is 16.3. The predicted molar refractivity (Wildman–Crippen MR) is 92.7 cm³/mol. The van der Waals surface area contributed by atoms with Gasteiger partial charge in [0, 0.05) is 15.6 Å². The lowest BCUT2D eigenvalue weighted by Gasteiger charge is -2.07. The first-order valence-electron chi connectivity index (χ1n) is 7.22. The van der Waals surface area contributed by atoms with Gasteiger partial charge < -0.3 is 5.32 Å². The van der Waals surface area contributed by atoms with Gasteiger partial charge in [-0.2, -0.15) is 0 Å². The summed E-state index contributed by atoms with van der Waals surface area (Å²) in [6.45, 7) is 0.280. The van der Waals surface area contributed by atoms with Crippen LogP contribution in [0.4, 0.5) is 4.39 Å². The zero-order valence-electron chi connectivity index (χ0n) is 12.5. The minimum absolute atomic E-state index is 0.182. The van der Waals surface area contributed by atoms with E-state index in [-0.39, 0.29) is 18.3 Å². The molecule has 4 nitrogen and oxygen atoms in total. The molecule has 0 aliphatic rings. The molecule has 120 valence electrons. The highest BCUT2D eigenvalue weighted by molar-refractivity contribution is 9.10. The van der Waals surface area contributed by atoms with Crippen molar-refractivity contribution in [2.75, 3.05) is 0 Å². The minimum atomic E-state index is -0.297. The van der Waals surface area contributed by atoms with E-state index in [0.717, 1.165) is 10.0 Å². The quantitative estimate of drug-likeness (QED) is 0.738. The molecule has 3 aromatic rings. The van der Waals surface area contributed by atoms with Crippen molar-refractivity contribution in [2.45, 2.75) is 6.54 Å². The van der Waals surface area contributed by atoms with Crippen LogP contribution in [-0.2, 0) is 6.54 Å². The van der Waals surface area contributed by atoms with Gasteiger partial charge in [0.25, 0.3) is 5.91 Å². The van der Waals surface area contributed by atoms with Gasteiger partial charge in [-0.05, 0) is 48.5 Å². The topological polar surface area (TPSA) is 54.9 Å². The van der Waals surface area contributed by atoms with Gasteiger partial charge in [0.05, 0.1) is 17.9 Å². The Bertz CT molecular complexity index is 868. The van der Waals surface area contributed by atoms with Crippen molar-refractivity contribution in [1.29, 1.82) is 0 Å². The van der Waals surface area contributed by atoms with Gasteiger partial charge in [-0.25, -0.2) is 14.4 Å². The Hall–Kier alpha value is -2.60. The first-order valence-corrected chi connectivity index (χ1v) is 8.02. The number of halogens is 2. The maximum atomic E-state index is 13.0. The number of amides is 1. The second-order valence-electron chi connectivity index (χ2n) is 5.09. The van der Waals surface area contributed by atoms with Crippen molar-refractivity contribution in [3.63, 3.8) is 0 Å². The Balaban J connectivity index is 1.71. The molecule has 0 unspecified atom stereocenters. The molecule has 2 aromatic carbocycles. The molecule has 0 atom stereocenters. The van der Waals surface area contributed by atoms with E-state index in [1.807, 2.05) is 6.07 Å². The van der Waals surface area contributed by atoms with Crippen molar-refractivity contribution in [1.82, 2.24) is 15.3 Å². The molecule has 6 heteroatoms. The highest BCUT2D eigenvalue weighted by Crippen LogP contribution is 2.17. The molecule has 0 spiro atoms. The highest BCUT2D eigenvalue weighted by atomic mass is 79.9. The van der Waals surface area contributed by atoms with Gasteiger partial charge in [-0.15, -0.1) is 0 Å². The molecule has 1 heterocycles. The zero-order chi connectivity index (χ0) is 16.9. The first-order chi connectivity index (χ1) is 11.6. The lowest BCUT2D eigenvalue weighted by molar-refractivity contribution is 0.0950. The van der Waals surface area contributed by atoms with E-state index in [2.05, 4.69) is 31.2 Å². The highest BCUT2D eigenvalue weighted by Gasteiger charge is 2.07. The van der Waals surface area contributed by atoms with Crippen LogP contribution in [0.3, 0.4) is 0 Å². The van der Waals surface area contributed by atoms with Crippen molar-refractivity contribution in [3.8, 4) is 11.3 Å². The molecular formula is C18H13BrFN3O. The molecule has 0 saturated carbocycles. The number of carbonyl (C=O) groups is 1. The Labute approximate surface area is 146 Å². The van der Waals surface area contributed by atoms with Crippen LogP contribution in [-0.4, -0.2) is 15.9 Å². The minimum Gasteiger partial charge on any atom is -0.346 e. The lowest BCUT2D eigenvalue weighted by Crippen LogP contribution is -2.23. The maximum absolute atomic E-state index is 13.0. The molecule has 1 N–H and O–H groups in total. The molecule has 24 heavy (non-hydrogen) atoms. The molecule has 3 rings (SSSR count). The van der Waals surface area contributed by atoms with Gasteiger partial charge in [0.15, 0.2) is 0 Å². The molecule has 0 saturated heterocycles. The van der Waals surface area contributed by atoms with E-state index in [1.54, 1.807) is 36.4 Å². The van der Waals surface area contributed by atoms with Gasteiger partial charge in [-0.3, -0.25) is 4.79 Å². The van der Waals surface area contributed by atoms with E-state index in [9.17, 15) is 9.18 Å². The van der Waals surface area contributed by atoms with Crippen molar-refractivity contribution >= 4 is 21.8 Å². The summed E-state index contributed by atoms with van der Waals surface area (Å²) >= 11 is 3.34. The molecular weight excluding hydrogens is 373 g/mol. The number of rotatable bonds is 4.